The fraction of sp³-hybridized carbons (Fsp3) is 0.0455. The summed E-state index contributed by atoms with van der Waals surface area (Å²) in [7, 11) is 0. The molecular weight excluding hydrogens is 342 g/mol. The van der Waals surface area contributed by atoms with Gasteiger partial charge in [-0.3, -0.25) is 4.79 Å². The third-order valence-corrected chi connectivity index (χ3v) is 6.14. The summed E-state index contributed by atoms with van der Waals surface area (Å²) in [5.41, 5.74) is 5.21. The number of phenols is 1. The van der Waals surface area contributed by atoms with Crippen LogP contribution in [0.5, 0.6) is 5.75 Å². The number of aromatic hydroxyl groups is 1. The first-order valence-corrected chi connectivity index (χ1v) is 9.30. The monoisotopic (exact) mass is 357 g/mol. The van der Waals surface area contributed by atoms with Gasteiger partial charge in [0, 0.05) is 21.6 Å². The minimum atomic E-state index is -0.187. The molecule has 0 unspecified atom stereocenters. The Kier molecular flexibility index (Phi) is 3.40. The van der Waals surface area contributed by atoms with Crippen molar-refractivity contribution in [3.63, 3.8) is 0 Å². The van der Waals surface area contributed by atoms with Gasteiger partial charge >= 0.3 is 0 Å². The fourth-order valence-electron chi connectivity index (χ4n) is 3.60. The summed E-state index contributed by atoms with van der Waals surface area (Å²) in [5, 5.41) is 13.3. The van der Waals surface area contributed by atoms with Gasteiger partial charge in [-0.05, 0) is 29.8 Å². The molecule has 2 N–H and O–H groups in total. The number of anilines is 1. The van der Waals surface area contributed by atoms with Crippen molar-refractivity contribution in [2.75, 3.05) is 5.32 Å². The molecule has 0 amide bonds. The lowest BCUT2D eigenvalue weighted by atomic mass is 10.0. The standard InChI is InChI=1S/C22H15NO2S/c24-14-7-5-6-13(12-14)22-19-20(15-8-1-2-9-16(15)21(19)25)23-17-10-3-4-11-18(17)26-22/h1-12,22-24H/t22-/m1/s1. The van der Waals surface area contributed by atoms with Crippen LogP contribution in [-0.4, -0.2) is 10.9 Å². The van der Waals surface area contributed by atoms with Crippen molar-refractivity contribution in [1.82, 2.24) is 0 Å². The number of nitrogens with one attached hydrogen (secondary N) is 1. The Morgan fingerprint density at radius 2 is 1.65 bits per heavy atom. The molecule has 126 valence electrons. The molecule has 0 radical (unpaired) electrons. The Morgan fingerprint density at radius 1 is 0.885 bits per heavy atom. The second kappa shape index (κ2) is 5.78. The average molecular weight is 357 g/mol. The van der Waals surface area contributed by atoms with Crippen molar-refractivity contribution in [1.29, 1.82) is 0 Å². The minimum absolute atomic E-state index is 0.0525. The van der Waals surface area contributed by atoms with Gasteiger partial charge in [-0.15, -0.1) is 11.8 Å². The lowest BCUT2D eigenvalue weighted by molar-refractivity contribution is 0.103. The van der Waals surface area contributed by atoms with Crippen LogP contribution in [0.25, 0.3) is 5.70 Å². The van der Waals surface area contributed by atoms with Crippen LogP contribution in [0, 0.1) is 0 Å². The van der Waals surface area contributed by atoms with Gasteiger partial charge in [0.15, 0.2) is 5.78 Å². The van der Waals surface area contributed by atoms with Gasteiger partial charge in [0.25, 0.3) is 0 Å². The minimum Gasteiger partial charge on any atom is -0.508 e. The maximum absolute atomic E-state index is 13.2. The van der Waals surface area contributed by atoms with Gasteiger partial charge in [-0.1, -0.05) is 48.5 Å². The molecule has 2 aliphatic rings. The largest absolute Gasteiger partial charge is 0.508 e. The molecule has 1 heterocycles. The van der Waals surface area contributed by atoms with E-state index in [9.17, 15) is 9.90 Å². The zero-order valence-electron chi connectivity index (χ0n) is 13.8. The molecule has 0 bridgehead atoms. The first-order chi connectivity index (χ1) is 12.7. The number of carbonyl (C=O) groups excluding carboxylic acids is 1. The van der Waals surface area contributed by atoms with Gasteiger partial charge in [-0.25, -0.2) is 0 Å². The van der Waals surface area contributed by atoms with Crippen LogP contribution in [0.2, 0.25) is 0 Å². The predicted octanol–water partition coefficient (Wildman–Crippen LogP) is 5.26. The molecule has 0 fully saturated rings. The van der Waals surface area contributed by atoms with Crippen LogP contribution >= 0.6 is 11.8 Å². The molecule has 3 aromatic carbocycles. The highest BCUT2D eigenvalue weighted by Gasteiger charge is 2.38. The predicted molar refractivity (Wildman–Crippen MR) is 104 cm³/mol. The van der Waals surface area contributed by atoms with Crippen molar-refractivity contribution in [2.45, 2.75) is 10.1 Å². The first-order valence-electron chi connectivity index (χ1n) is 8.42. The second-order valence-corrected chi connectivity index (χ2v) is 7.52. The highest BCUT2D eigenvalue weighted by molar-refractivity contribution is 8.00. The maximum atomic E-state index is 13.2. The van der Waals surface area contributed by atoms with Crippen molar-refractivity contribution < 1.29 is 9.90 Å². The van der Waals surface area contributed by atoms with Crippen molar-refractivity contribution in [3.05, 3.63) is 95.1 Å². The number of ketones is 1. The van der Waals surface area contributed by atoms with E-state index < -0.39 is 0 Å². The Hall–Kier alpha value is -2.98. The number of fused-ring (bicyclic) bond motifs is 3. The smallest absolute Gasteiger partial charge is 0.193 e. The molecule has 4 heteroatoms. The fourth-order valence-corrected chi connectivity index (χ4v) is 4.89. The molecule has 0 spiro atoms. The lowest BCUT2D eigenvalue weighted by Gasteiger charge is -2.17. The Morgan fingerprint density at radius 3 is 2.50 bits per heavy atom. The molecule has 0 aromatic heterocycles. The van der Waals surface area contributed by atoms with Gasteiger partial charge in [0.1, 0.15) is 5.75 Å². The Labute approximate surface area is 155 Å². The van der Waals surface area contributed by atoms with Crippen molar-refractivity contribution >= 4 is 28.9 Å². The molecule has 0 saturated heterocycles. The number of carbonyl (C=O) groups is 1. The van der Waals surface area contributed by atoms with Crippen LogP contribution in [0.15, 0.2) is 83.3 Å². The van der Waals surface area contributed by atoms with Gasteiger partial charge < -0.3 is 10.4 Å². The summed E-state index contributed by atoms with van der Waals surface area (Å²) in [5.74, 6) is 0.260. The normalized spacial score (nSPS) is 17.8. The molecule has 1 aliphatic heterocycles. The maximum Gasteiger partial charge on any atom is 0.193 e. The SMILES string of the molecule is O=C1C2=C(Nc3ccccc3S[C@@H]2c2cccc(O)c2)c2ccccc21. The van der Waals surface area contributed by atoms with Crippen LogP contribution in [-0.2, 0) is 0 Å². The Bertz CT molecular complexity index is 1090. The molecule has 5 rings (SSSR count). The van der Waals surface area contributed by atoms with E-state index in [1.165, 1.54) is 0 Å². The summed E-state index contributed by atoms with van der Waals surface area (Å²) in [6.07, 6.45) is 0. The summed E-state index contributed by atoms with van der Waals surface area (Å²) in [4.78, 5) is 14.3. The molecule has 0 saturated carbocycles. The quantitative estimate of drug-likeness (QED) is 0.624. The van der Waals surface area contributed by atoms with Crippen molar-refractivity contribution in [3.8, 4) is 5.75 Å². The molecule has 26 heavy (non-hydrogen) atoms. The molecule has 1 aliphatic carbocycles. The van der Waals surface area contributed by atoms with Gasteiger partial charge in [-0.2, -0.15) is 0 Å². The number of para-hydroxylation sites is 1. The van der Waals surface area contributed by atoms with Gasteiger partial charge in [0.05, 0.1) is 16.6 Å². The van der Waals surface area contributed by atoms with Crippen LogP contribution < -0.4 is 5.32 Å². The summed E-state index contributed by atoms with van der Waals surface area (Å²) in [6, 6.07) is 23.0. The van der Waals surface area contributed by atoms with E-state index in [0.717, 1.165) is 38.5 Å². The lowest BCUT2D eigenvalue weighted by Crippen LogP contribution is -2.07. The number of hydrogen-bond donors (Lipinski definition) is 2. The number of phenolic OH excluding ortho intramolecular Hbond substituents is 1. The number of benzene rings is 3. The highest BCUT2D eigenvalue weighted by Crippen LogP contribution is 2.52. The molecule has 1 atom stereocenters. The van der Waals surface area contributed by atoms with Crippen LogP contribution in [0.4, 0.5) is 5.69 Å². The van der Waals surface area contributed by atoms with Crippen molar-refractivity contribution in [2.24, 2.45) is 0 Å². The summed E-state index contributed by atoms with van der Waals surface area (Å²) in [6.45, 7) is 0. The van der Waals surface area contributed by atoms with Crippen LogP contribution in [0.1, 0.15) is 26.7 Å². The van der Waals surface area contributed by atoms with Gasteiger partial charge in [0.2, 0.25) is 0 Å². The average Bonchev–Trinajstić information content (AvgIpc) is 2.83. The molecule has 3 nitrogen and oxygen atoms in total. The van der Waals surface area contributed by atoms with E-state index in [1.54, 1.807) is 23.9 Å². The Balaban J connectivity index is 1.76. The number of thioether (sulfide) groups is 1. The first kappa shape index (κ1) is 15.3. The summed E-state index contributed by atoms with van der Waals surface area (Å²) >= 11 is 1.64. The topological polar surface area (TPSA) is 49.3 Å². The van der Waals surface area contributed by atoms with E-state index in [0.29, 0.717) is 0 Å². The van der Waals surface area contributed by atoms with E-state index in [-0.39, 0.29) is 16.8 Å². The van der Waals surface area contributed by atoms with E-state index in [1.807, 2.05) is 54.6 Å². The van der Waals surface area contributed by atoms with E-state index in [2.05, 4.69) is 11.4 Å². The number of hydrogen-bond acceptors (Lipinski definition) is 4. The zero-order chi connectivity index (χ0) is 17.7. The number of Topliss-reactive ketones (excluding diaryl/α,β-unsaturated/α-hetero) is 1. The third kappa shape index (κ3) is 2.26. The zero-order valence-corrected chi connectivity index (χ0v) is 14.6. The molecule has 3 aromatic rings. The molecular formula is C22H15NO2S. The second-order valence-electron chi connectivity index (χ2n) is 6.38. The number of rotatable bonds is 1. The highest BCUT2D eigenvalue weighted by atomic mass is 32.2. The van der Waals surface area contributed by atoms with E-state index >= 15 is 0 Å². The van der Waals surface area contributed by atoms with Crippen LogP contribution in [0.3, 0.4) is 0 Å². The summed E-state index contributed by atoms with van der Waals surface area (Å²) < 4.78 is 0. The van der Waals surface area contributed by atoms with E-state index in [4.69, 9.17) is 0 Å². The third-order valence-electron chi connectivity index (χ3n) is 4.78.